The second kappa shape index (κ2) is 9.69. The first-order chi connectivity index (χ1) is 7.26. The van der Waals surface area contributed by atoms with Gasteiger partial charge in [-0.25, -0.2) is 0 Å². The van der Waals surface area contributed by atoms with Gasteiger partial charge in [0.05, 0.1) is 0 Å². The van der Waals surface area contributed by atoms with E-state index in [2.05, 4.69) is 12.2 Å². The number of nitrogens with one attached hydrogen (secondary N) is 1. The largest absolute Gasteiger partial charge is 0.359 e. The van der Waals surface area contributed by atoms with Crippen molar-refractivity contribution in [2.24, 2.45) is 5.92 Å². The van der Waals surface area contributed by atoms with Crippen LogP contribution in [0.3, 0.4) is 0 Å². The maximum atomic E-state index is 11.1. The molecule has 0 aliphatic carbocycles. The van der Waals surface area contributed by atoms with Crippen LogP contribution in [-0.2, 0) is 9.59 Å². The summed E-state index contributed by atoms with van der Waals surface area (Å²) in [5.74, 6) is -0.778. The molecule has 0 aliphatic heterocycles. The van der Waals surface area contributed by atoms with Crippen LogP contribution in [0.5, 0.6) is 0 Å². The molecule has 0 saturated carbocycles. The van der Waals surface area contributed by atoms with Gasteiger partial charge in [-0.15, -0.1) is 0 Å². The highest BCUT2D eigenvalue weighted by molar-refractivity contribution is 5.91. The van der Waals surface area contributed by atoms with E-state index in [0.717, 1.165) is 12.8 Å². The van der Waals surface area contributed by atoms with Crippen LogP contribution < -0.4 is 5.32 Å². The number of hydrogen-bond donors (Lipinski definition) is 1. The van der Waals surface area contributed by atoms with E-state index in [1.165, 1.54) is 25.7 Å². The van der Waals surface area contributed by atoms with Crippen molar-refractivity contribution in [3.8, 4) is 0 Å². The maximum Gasteiger partial charge on any atom is 0.230 e. The van der Waals surface area contributed by atoms with Crippen molar-refractivity contribution in [3.05, 3.63) is 0 Å². The average Bonchev–Trinajstić information content (AvgIpc) is 2.27. The third-order valence-corrected chi connectivity index (χ3v) is 2.55. The number of carbonyl (C=O) groups excluding carboxylic acids is 2. The lowest BCUT2D eigenvalue weighted by atomic mass is 10.0. The molecule has 0 bridgehead atoms. The van der Waals surface area contributed by atoms with Crippen molar-refractivity contribution in [3.63, 3.8) is 0 Å². The summed E-state index contributed by atoms with van der Waals surface area (Å²) in [6.07, 6.45) is 9.45. The van der Waals surface area contributed by atoms with Crippen molar-refractivity contribution in [1.82, 2.24) is 5.32 Å². The third kappa shape index (κ3) is 7.11. The Morgan fingerprint density at radius 3 is 2.33 bits per heavy atom. The van der Waals surface area contributed by atoms with E-state index < -0.39 is 5.92 Å². The molecule has 0 saturated heterocycles. The Morgan fingerprint density at radius 1 is 1.20 bits per heavy atom. The third-order valence-electron chi connectivity index (χ3n) is 2.55. The minimum absolute atomic E-state index is 0.210. The zero-order valence-corrected chi connectivity index (χ0v) is 9.84. The van der Waals surface area contributed by atoms with Gasteiger partial charge in [0.15, 0.2) is 0 Å². The molecule has 15 heavy (non-hydrogen) atoms. The molecule has 1 radical (unpaired) electrons. The van der Waals surface area contributed by atoms with Gasteiger partial charge in [-0.3, -0.25) is 9.59 Å². The van der Waals surface area contributed by atoms with E-state index in [1.807, 2.05) is 0 Å². The van der Waals surface area contributed by atoms with E-state index in [4.69, 9.17) is 0 Å². The van der Waals surface area contributed by atoms with Crippen LogP contribution in [0, 0.1) is 5.92 Å². The topological polar surface area (TPSA) is 46.2 Å². The van der Waals surface area contributed by atoms with Crippen LogP contribution in [0.4, 0.5) is 0 Å². The van der Waals surface area contributed by atoms with Crippen LogP contribution in [0.1, 0.15) is 51.9 Å². The summed E-state index contributed by atoms with van der Waals surface area (Å²) in [6.45, 7) is 2.18. The highest BCUT2D eigenvalue weighted by atomic mass is 16.2. The molecular formula is C12H22NO2. The predicted molar refractivity (Wildman–Crippen MR) is 61.2 cm³/mol. The summed E-state index contributed by atoms with van der Waals surface area (Å²) in [7, 11) is 1.55. The molecule has 1 N–H and O–H groups in total. The Balaban J connectivity index is 3.47. The lowest BCUT2D eigenvalue weighted by molar-refractivity contribution is -0.122. The normalized spacial score (nSPS) is 12.1. The molecule has 3 nitrogen and oxygen atoms in total. The van der Waals surface area contributed by atoms with E-state index in [1.54, 1.807) is 13.3 Å². The van der Waals surface area contributed by atoms with Crippen molar-refractivity contribution >= 4 is 12.2 Å². The number of carbonyl (C=O) groups is 1. The highest BCUT2D eigenvalue weighted by Gasteiger charge is 2.15. The molecule has 1 amide bonds. The van der Waals surface area contributed by atoms with Gasteiger partial charge in [0, 0.05) is 7.05 Å². The zero-order valence-electron chi connectivity index (χ0n) is 9.84. The predicted octanol–water partition coefficient (Wildman–Crippen LogP) is 2.21. The quantitative estimate of drug-likeness (QED) is 0.470. The van der Waals surface area contributed by atoms with Crippen LogP contribution in [0.15, 0.2) is 0 Å². The monoisotopic (exact) mass is 212 g/mol. The van der Waals surface area contributed by atoms with Crippen molar-refractivity contribution in [2.75, 3.05) is 7.05 Å². The number of unbranched alkanes of at least 4 members (excludes halogenated alkanes) is 5. The fourth-order valence-electron chi connectivity index (χ4n) is 1.55. The summed E-state index contributed by atoms with van der Waals surface area (Å²) in [4.78, 5) is 21.6. The zero-order chi connectivity index (χ0) is 11.5. The van der Waals surface area contributed by atoms with Crippen LogP contribution in [0.2, 0.25) is 0 Å². The minimum atomic E-state index is -0.568. The van der Waals surface area contributed by atoms with E-state index >= 15 is 0 Å². The van der Waals surface area contributed by atoms with E-state index in [9.17, 15) is 9.59 Å². The minimum Gasteiger partial charge on any atom is -0.359 e. The average molecular weight is 212 g/mol. The summed E-state index contributed by atoms with van der Waals surface area (Å²) in [5, 5.41) is 2.48. The summed E-state index contributed by atoms with van der Waals surface area (Å²) in [6, 6.07) is 0. The molecule has 1 unspecified atom stereocenters. The van der Waals surface area contributed by atoms with Crippen LogP contribution >= 0.6 is 0 Å². The number of hydrogen-bond acceptors (Lipinski definition) is 2. The molecule has 0 spiro atoms. The molecule has 0 aromatic rings. The Labute approximate surface area is 92.6 Å². The molecule has 3 heteroatoms. The van der Waals surface area contributed by atoms with E-state index in [0.29, 0.717) is 6.42 Å². The second-order valence-electron chi connectivity index (χ2n) is 3.84. The summed E-state index contributed by atoms with van der Waals surface area (Å²) in [5.41, 5.74) is 0. The van der Waals surface area contributed by atoms with Gasteiger partial charge < -0.3 is 5.32 Å². The Kier molecular flexibility index (Phi) is 9.13. The lowest BCUT2D eigenvalue weighted by Crippen LogP contribution is -2.28. The first-order valence-electron chi connectivity index (χ1n) is 5.85. The molecule has 0 aliphatic rings. The van der Waals surface area contributed by atoms with Gasteiger partial charge in [0.25, 0.3) is 0 Å². The smallest absolute Gasteiger partial charge is 0.230 e. The first kappa shape index (κ1) is 14.1. The number of rotatable bonds is 9. The van der Waals surface area contributed by atoms with Crippen LogP contribution in [0.25, 0.3) is 0 Å². The van der Waals surface area contributed by atoms with Gasteiger partial charge >= 0.3 is 0 Å². The van der Waals surface area contributed by atoms with Crippen molar-refractivity contribution in [1.29, 1.82) is 0 Å². The van der Waals surface area contributed by atoms with Gasteiger partial charge in [-0.2, -0.15) is 0 Å². The van der Waals surface area contributed by atoms with Gasteiger partial charge in [0.1, 0.15) is 5.92 Å². The number of amides is 1. The molecule has 0 aromatic heterocycles. The fourth-order valence-corrected chi connectivity index (χ4v) is 1.55. The molecule has 1 atom stereocenters. The molecule has 87 valence electrons. The fraction of sp³-hybridized carbons (Fsp3) is 0.833. The maximum absolute atomic E-state index is 11.1. The molecule has 0 fully saturated rings. The van der Waals surface area contributed by atoms with E-state index in [-0.39, 0.29) is 5.91 Å². The van der Waals surface area contributed by atoms with Gasteiger partial charge in [0.2, 0.25) is 12.2 Å². The van der Waals surface area contributed by atoms with Gasteiger partial charge in [-0.1, -0.05) is 45.4 Å². The first-order valence-corrected chi connectivity index (χ1v) is 5.85. The summed E-state index contributed by atoms with van der Waals surface area (Å²) >= 11 is 0. The SMILES string of the molecule is CCCCCCCCC([C]=O)C(=O)NC. The van der Waals surface area contributed by atoms with Crippen LogP contribution in [-0.4, -0.2) is 19.2 Å². The standard InChI is InChI=1S/C12H22NO2/c1-3-4-5-6-7-8-9-11(10-14)12(15)13-2/h11H,3-9H2,1-2H3,(H,13,15). The van der Waals surface area contributed by atoms with Crippen molar-refractivity contribution < 1.29 is 9.59 Å². The Bertz CT molecular complexity index is 180. The van der Waals surface area contributed by atoms with Crippen molar-refractivity contribution in [2.45, 2.75) is 51.9 Å². The lowest BCUT2D eigenvalue weighted by Gasteiger charge is -2.07. The molecule has 0 aromatic carbocycles. The molecular weight excluding hydrogens is 190 g/mol. The molecule has 0 rings (SSSR count). The molecule has 0 heterocycles. The highest BCUT2D eigenvalue weighted by Crippen LogP contribution is 2.11. The Morgan fingerprint density at radius 2 is 1.80 bits per heavy atom. The van der Waals surface area contributed by atoms with Gasteiger partial charge in [-0.05, 0) is 6.42 Å². The second-order valence-corrected chi connectivity index (χ2v) is 3.84. The Hall–Kier alpha value is -0.860. The summed E-state index contributed by atoms with van der Waals surface area (Å²) < 4.78 is 0.